The van der Waals surface area contributed by atoms with E-state index in [1.807, 2.05) is 31.2 Å². The number of benzene rings is 1. The lowest BCUT2D eigenvalue weighted by atomic mass is 10.0. The first-order valence-corrected chi connectivity index (χ1v) is 6.85. The van der Waals surface area contributed by atoms with E-state index in [4.69, 9.17) is 4.42 Å². The van der Waals surface area contributed by atoms with Gasteiger partial charge in [0.2, 0.25) is 5.91 Å². The summed E-state index contributed by atoms with van der Waals surface area (Å²) in [5.41, 5.74) is 1.91. The summed E-state index contributed by atoms with van der Waals surface area (Å²) < 4.78 is 5.16. The Morgan fingerprint density at radius 3 is 2.71 bits per heavy atom. The van der Waals surface area contributed by atoms with E-state index in [1.54, 1.807) is 17.0 Å². The van der Waals surface area contributed by atoms with Crippen LogP contribution in [-0.4, -0.2) is 29.8 Å². The molecule has 1 fully saturated rings. The molecule has 2 aromatic rings. The van der Waals surface area contributed by atoms with Gasteiger partial charge >= 0.3 is 0 Å². The lowest BCUT2D eigenvalue weighted by molar-refractivity contribution is -0.128. The molecule has 21 heavy (non-hydrogen) atoms. The molecule has 1 saturated heterocycles. The van der Waals surface area contributed by atoms with Crippen molar-refractivity contribution in [1.29, 1.82) is 0 Å². The molecule has 1 aliphatic rings. The maximum absolute atomic E-state index is 12.5. The third-order valence-electron chi connectivity index (χ3n) is 3.60. The molecule has 0 spiro atoms. The van der Waals surface area contributed by atoms with Gasteiger partial charge in [0.25, 0.3) is 5.91 Å². The molecule has 5 heteroatoms. The normalized spacial score (nSPS) is 18.4. The van der Waals surface area contributed by atoms with Gasteiger partial charge in [0.05, 0.1) is 6.26 Å². The Morgan fingerprint density at radius 1 is 1.29 bits per heavy atom. The molecular weight excluding hydrogens is 268 g/mol. The first-order chi connectivity index (χ1) is 10.2. The van der Waals surface area contributed by atoms with Crippen LogP contribution in [0.2, 0.25) is 0 Å². The highest BCUT2D eigenvalue weighted by Crippen LogP contribution is 2.25. The molecule has 0 bridgehead atoms. The van der Waals surface area contributed by atoms with Crippen LogP contribution in [0.3, 0.4) is 0 Å². The van der Waals surface area contributed by atoms with Gasteiger partial charge in [0, 0.05) is 13.1 Å². The van der Waals surface area contributed by atoms with Crippen molar-refractivity contribution < 1.29 is 14.0 Å². The van der Waals surface area contributed by atoms with Crippen LogP contribution in [0.1, 0.15) is 27.7 Å². The second-order valence-corrected chi connectivity index (χ2v) is 5.08. The number of amides is 2. The Hall–Kier alpha value is -2.56. The molecule has 108 valence electrons. The van der Waals surface area contributed by atoms with E-state index in [0.717, 1.165) is 11.1 Å². The van der Waals surface area contributed by atoms with Crippen molar-refractivity contribution in [3.8, 4) is 0 Å². The van der Waals surface area contributed by atoms with Crippen LogP contribution in [0.25, 0.3) is 0 Å². The van der Waals surface area contributed by atoms with Gasteiger partial charge in [0.1, 0.15) is 6.04 Å². The van der Waals surface area contributed by atoms with Gasteiger partial charge in [-0.15, -0.1) is 0 Å². The van der Waals surface area contributed by atoms with E-state index < -0.39 is 6.04 Å². The van der Waals surface area contributed by atoms with Crippen LogP contribution in [-0.2, 0) is 4.79 Å². The molecule has 1 N–H and O–H groups in total. The van der Waals surface area contributed by atoms with Gasteiger partial charge in [-0.2, -0.15) is 0 Å². The molecule has 2 amide bonds. The van der Waals surface area contributed by atoms with Crippen molar-refractivity contribution >= 4 is 11.8 Å². The minimum atomic E-state index is -0.614. The third kappa shape index (κ3) is 2.54. The number of nitrogens with zero attached hydrogens (tertiary/aromatic N) is 1. The van der Waals surface area contributed by atoms with E-state index in [0.29, 0.717) is 13.1 Å². The summed E-state index contributed by atoms with van der Waals surface area (Å²) in [4.78, 5) is 26.3. The van der Waals surface area contributed by atoms with Gasteiger partial charge in [-0.05, 0) is 24.6 Å². The molecule has 0 saturated carbocycles. The molecule has 1 aliphatic heterocycles. The fraction of sp³-hybridized carbons (Fsp3) is 0.250. The topological polar surface area (TPSA) is 62.6 Å². The number of carbonyl (C=O) groups is 2. The molecule has 3 rings (SSSR count). The summed E-state index contributed by atoms with van der Waals surface area (Å²) in [6, 6.07) is 10.3. The first-order valence-electron chi connectivity index (χ1n) is 6.85. The fourth-order valence-corrected chi connectivity index (χ4v) is 2.51. The quantitative estimate of drug-likeness (QED) is 0.916. The van der Waals surface area contributed by atoms with Gasteiger partial charge < -0.3 is 14.6 Å². The zero-order valence-corrected chi connectivity index (χ0v) is 11.7. The number of piperazine rings is 1. The van der Waals surface area contributed by atoms with Crippen LogP contribution in [0.4, 0.5) is 0 Å². The molecule has 1 unspecified atom stereocenters. The van der Waals surface area contributed by atoms with Crippen LogP contribution in [0.5, 0.6) is 0 Å². The molecule has 0 aliphatic carbocycles. The first kappa shape index (κ1) is 13.4. The van der Waals surface area contributed by atoms with Gasteiger partial charge in [0.15, 0.2) is 5.76 Å². The number of nitrogens with one attached hydrogen (secondary N) is 1. The lowest BCUT2D eigenvalue weighted by Crippen LogP contribution is -2.52. The second-order valence-electron chi connectivity index (χ2n) is 5.08. The van der Waals surface area contributed by atoms with Crippen molar-refractivity contribution in [2.45, 2.75) is 13.0 Å². The molecule has 1 atom stereocenters. The van der Waals surface area contributed by atoms with Crippen molar-refractivity contribution in [3.05, 3.63) is 59.5 Å². The van der Waals surface area contributed by atoms with Crippen molar-refractivity contribution in [2.24, 2.45) is 0 Å². The summed E-state index contributed by atoms with van der Waals surface area (Å²) >= 11 is 0. The molecule has 0 radical (unpaired) electrons. The van der Waals surface area contributed by atoms with Crippen molar-refractivity contribution in [3.63, 3.8) is 0 Å². The van der Waals surface area contributed by atoms with E-state index in [2.05, 4.69) is 5.32 Å². The van der Waals surface area contributed by atoms with Gasteiger partial charge in [-0.3, -0.25) is 9.59 Å². The van der Waals surface area contributed by atoms with E-state index in [-0.39, 0.29) is 17.6 Å². The smallest absolute Gasteiger partial charge is 0.290 e. The average Bonchev–Trinajstić information content (AvgIpc) is 3.02. The predicted octanol–water partition coefficient (Wildman–Crippen LogP) is 1.90. The zero-order valence-electron chi connectivity index (χ0n) is 11.7. The Kier molecular flexibility index (Phi) is 3.48. The lowest BCUT2D eigenvalue weighted by Gasteiger charge is -2.34. The Labute approximate surface area is 122 Å². The highest BCUT2D eigenvalue weighted by atomic mass is 16.3. The summed E-state index contributed by atoms with van der Waals surface area (Å²) in [6.07, 6.45) is 1.46. The fourth-order valence-electron chi connectivity index (χ4n) is 2.51. The SMILES string of the molecule is Cc1ccc(C2C(=O)NCCN2C(=O)c2ccco2)cc1. The van der Waals surface area contributed by atoms with E-state index >= 15 is 0 Å². The number of rotatable bonds is 2. The number of furan rings is 1. The van der Waals surface area contributed by atoms with E-state index in [1.165, 1.54) is 6.26 Å². The standard InChI is InChI=1S/C16H16N2O3/c1-11-4-6-12(7-5-11)14-15(19)17-8-9-18(14)16(20)13-3-2-10-21-13/h2-7,10,14H,8-9H2,1H3,(H,17,19). The van der Waals surface area contributed by atoms with E-state index in [9.17, 15) is 9.59 Å². The Bertz CT molecular complexity index is 647. The predicted molar refractivity (Wildman–Crippen MR) is 76.7 cm³/mol. The van der Waals surface area contributed by atoms with Crippen LogP contribution in [0, 0.1) is 6.92 Å². The maximum atomic E-state index is 12.5. The summed E-state index contributed by atoms with van der Waals surface area (Å²) in [6.45, 7) is 2.90. The highest BCUT2D eigenvalue weighted by Gasteiger charge is 2.35. The largest absolute Gasteiger partial charge is 0.459 e. The minimum Gasteiger partial charge on any atom is -0.459 e. The summed E-state index contributed by atoms with van der Waals surface area (Å²) in [5, 5.41) is 2.81. The number of hydrogen-bond donors (Lipinski definition) is 1. The molecular formula is C16H16N2O3. The molecule has 2 heterocycles. The second kappa shape index (κ2) is 5.44. The summed E-state index contributed by atoms with van der Waals surface area (Å²) in [5.74, 6) is -0.174. The van der Waals surface area contributed by atoms with Crippen molar-refractivity contribution in [1.82, 2.24) is 10.2 Å². The van der Waals surface area contributed by atoms with Crippen molar-refractivity contribution in [2.75, 3.05) is 13.1 Å². The minimum absolute atomic E-state index is 0.162. The molecule has 5 nitrogen and oxygen atoms in total. The number of aryl methyl sites for hydroxylation is 1. The van der Waals surface area contributed by atoms with Crippen LogP contribution < -0.4 is 5.32 Å². The van der Waals surface area contributed by atoms with Gasteiger partial charge in [-0.25, -0.2) is 0 Å². The number of hydrogen-bond acceptors (Lipinski definition) is 3. The van der Waals surface area contributed by atoms with Crippen LogP contribution >= 0.6 is 0 Å². The summed E-state index contributed by atoms with van der Waals surface area (Å²) in [7, 11) is 0. The number of carbonyl (C=O) groups excluding carboxylic acids is 2. The third-order valence-corrected chi connectivity index (χ3v) is 3.60. The van der Waals surface area contributed by atoms with Gasteiger partial charge in [-0.1, -0.05) is 29.8 Å². The zero-order chi connectivity index (χ0) is 14.8. The monoisotopic (exact) mass is 284 g/mol. The Morgan fingerprint density at radius 2 is 2.05 bits per heavy atom. The maximum Gasteiger partial charge on any atom is 0.290 e. The highest BCUT2D eigenvalue weighted by molar-refractivity contribution is 5.96. The Balaban J connectivity index is 1.95. The molecule has 1 aromatic carbocycles. The average molecular weight is 284 g/mol. The molecule has 1 aromatic heterocycles. The van der Waals surface area contributed by atoms with Crippen LogP contribution in [0.15, 0.2) is 47.1 Å².